The third-order valence-corrected chi connectivity index (χ3v) is 2.29. The summed E-state index contributed by atoms with van der Waals surface area (Å²) in [4.78, 5) is 0. The average Bonchev–Trinajstić information content (AvgIpc) is 2.57. The van der Waals surface area contributed by atoms with Crippen molar-refractivity contribution in [2.75, 3.05) is 0 Å². The summed E-state index contributed by atoms with van der Waals surface area (Å²) in [5.74, 6) is 2.06. The van der Waals surface area contributed by atoms with E-state index in [0.29, 0.717) is 0 Å². The van der Waals surface area contributed by atoms with Crippen molar-refractivity contribution < 1.29 is 0 Å². The van der Waals surface area contributed by atoms with Crippen molar-refractivity contribution in [2.24, 2.45) is 11.8 Å². The normalized spacial score (nSPS) is 26.7. The molecule has 0 saturated heterocycles. The summed E-state index contributed by atoms with van der Waals surface area (Å²) in [6.07, 6.45) is 12.1. The van der Waals surface area contributed by atoms with Crippen molar-refractivity contribution in [1.82, 2.24) is 0 Å². The van der Waals surface area contributed by atoms with E-state index in [4.69, 9.17) is 0 Å². The molecule has 2 aliphatic rings. The predicted molar refractivity (Wildman–Crippen MR) is 38.7 cm³/mol. The lowest BCUT2D eigenvalue weighted by Crippen LogP contribution is -1.79. The Morgan fingerprint density at radius 3 is 1.78 bits per heavy atom. The molecule has 2 aliphatic carbocycles. The first kappa shape index (κ1) is 5.76. The largest absolute Gasteiger partial charge is 0.0528 e. The highest BCUT2D eigenvalue weighted by Gasteiger charge is 2.24. The lowest BCUT2D eigenvalue weighted by molar-refractivity contribution is 0.609. The Bertz CT molecular complexity index is 76.2. The van der Waals surface area contributed by atoms with Gasteiger partial charge in [-0.1, -0.05) is 19.3 Å². The van der Waals surface area contributed by atoms with Crippen LogP contribution in [0.1, 0.15) is 32.1 Å². The zero-order valence-corrected chi connectivity index (χ0v) is 5.84. The van der Waals surface area contributed by atoms with Crippen LogP contribution in [0.5, 0.6) is 0 Å². The molecule has 9 heavy (non-hydrogen) atoms. The van der Waals surface area contributed by atoms with Gasteiger partial charge >= 0.3 is 0 Å². The molecule has 0 aliphatic heterocycles. The molecule has 0 aromatic rings. The van der Waals surface area contributed by atoms with Gasteiger partial charge in [0, 0.05) is 0 Å². The molecule has 0 aromatic carbocycles. The molecule has 0 bridgehead atoms. The van der Waals surface area contributed by atoms with E-state index in [2.05, 4.69) is 12.8 Å². The van der Waals surface area contributed by atoms with Crippen molar-refractivity contribution >= 4 is 0 Å². The van der Waals surface area contributed by atoms with E-state index in [9.17, 15) is 0 Å². The smallest absolute Gasteiger partial charge is 0.0352 e. The van der Waals surface area contributed by atoms with Crippen LogP contribution in [0.4, 0.5) is 0 Å². The van der Waals surface area contributed by atoms with E-state index >= 15 is 0 Å². The van der Waals surface area contributed by atoms with Gasteiger partial charge in [0.25, 0.3) is 0 Å². The van der Waals surface area contributed by atoms with Crippen LogP contribution in [-0.4, -0.2) is 0 Å². The zero-order valence-electron chi connectivity index (χ0n) is 5.84. The van der Waals surface area contributed by atoms with Gasteiger partial charge in [-0.05, 0) is 37.5 Å². The molecule has 2 atom stereocenters. The highest BCUT2D eigenvalue weighted by molar-refractivity contribution is 4.97. The summed E-state index contributed by atoms with van der Waals surface area (Å²) in [6, 6.07) is 0. The topological polar surface area (TPSA) is 0 Å². The van der Waals surface area contributed by atoms with Gasteiger partial charge in [0.2, 0.25) is 0 Å². The van der Waals surface area contributed by atoms with Gasteiger partial charge in [0.05, 0.1) is 0 Å². The van der Waals surface area contributed by atoms with Crippen LogP contribution in [0.2, 0.25) is 0 Å². The Kier molecular flexibility index (Phi) is 1.48. The second-order valence-electron chi connectivity index (χ2n) is 3.39. The molecule has 2 radical (unpaired) electrons. The van der Waals surface area contributed by atoms with Gasteiger partial charge < -0.3 is 0 Å². The van der Waals surface area contributed by atoms with E-state index in [1.54, 1.807) is 0 Å². The molecule has 0 heterocycles. The maximum atomic E-state index is 2.43. The fourth-order valence-corrected chi connectivity index (χ4v) is 1.31. The summed E-state index contributed by atoms with van der Waals surface area (Å²) in [7, 11) is 0. The second-order valence-corrected chi connectivity index (χ2v) is 3.39. The highest BCUT2D eigenvalue weighted by Crippen LogP contribution is 2.37. The molecule has 0 nitrogen and oxygen atoms in total. The summed E-state index contributed by atoms with van der Waals surface area (Å²) < 4.78 is 0. The zero-order chi connectivity index (χ0) is 6.10. The molecule has 0 spiro atoms. The SMILES string of the molecule is [CH]1CC1CCCC1[CH]C1. The van der Waals surface area contributed by atoms with E-state index < -0.39 is 0 Å². The van der Waals surface area contributed by atoms with Gasteiger partial charge in [-0.2, -0.15) is 0 Å². The third kappa shape index (κ3) is 2.00. The number of rotatable bonds is 4. The molecule has 2 fully saturated rings. The molecule has 2 rings (SSSR count). The summed E-state index contributed by atoms with van der Waals surface area (Å²) in [5, 5.41) is 0. The lowest BCUT2D eigenvalue weighted by Gasteiger charge is -1.94. The first-order chi connectivity index (χ1) is 4.45. The van der Waals surface area contributed by atoms with Gasteiger partial charge in [-0.25, -0.2) is 0 Å². The minimum absolute atomic E-state index is 1.03. The minimum Gasteiger partial charge on any atom is -0.0528 e. The monoisotopic (exact) mass is 122 g/mol. The first-order valence-electron chi connectivity index (χ1n) is 4.12. The van der Waals surface area contributed by atoms with Crippen molar-refractivity contribution in [3.8, 4) is 0 Å². The number of hydrogen-bond acceptors (Lipinski definition) is 0. The van der Waals surface area contributed by atoms with Crippen LogP contribution in [-0.2, 0) is 0 Å². The van der Waals surface area contributed by atoms with Crippen molar-refractivity contribution in [1.29, 1.82) is 0 Å². The van der Waals surface area contributed by atoms with Crippen LogP contribution in [0.15, 0.2) is 0 Å². The number of hydrogen-bond donors (Lipinski definition) is 0. The Balaban J connectivity index is 1.46. The molecule has 2 saturated carbocycles. The molecular formula is C9H14. The third-order valence-electron chi connectivity index (χ3n) is 2.29. The predicted octanol–water partition coefficient (Wildman–Crippen LogP) is 2.61. The molecule has 50 valence electrons. The van der Waals surface area contributed by atoms with Gasteiger partial charge in [-0.3, -0.25) is 0 Å². The Morgan fingerprint density at radius 2 is 1.44 bits per heavy atom. The van der Waals surface area contributed by atoms with Crippen LogP contribution >= 0.6 is 0 Å². The van der Waals surface area contributed by atoms with Crippen molar-refractivity contribution in [3.63, 3.8) is 0 Å². The van der Waals surface area contributed by atoms with Crippen LogP contribution in [0.25, 0.3) is 0 Å². The Morgan fingerprint density at radius 1 is 1.00 bits per heavy atom. The fourth-order valence-electron chi connectivity index (χ4n) is 1.31. The van der Waals surface area contributed by atoms with E-state index in [1.165, 1.54) is 32.1 Å². The lowest BCUT2D eigenvalue weighted by atomic mass is 10.1. The Hall–Kier alpha value is 0. The summed E-state index contributed by atoms with van der Waals surface area (Å²) in [5.41, 5.74) is 0. The van der Waals surface area contributed by atoms with Crippen molar-refractivity contribution in [2.45, 2.75) is 32.1 Å². The molecule has 0 heteroatoms. The van der Waals surface area contributed by atoms with E-state index in [0.717, 1.165) is 11.8 Å². The van der Waals surface area contributed by atoms with E-state index in [1.807, 2.05) is 0 Å². The maximum absolute atomic E-state index is 2.43. The molecular weight excluding hydrogens is 108 g/mol. The first-order valence-corrected chi connectivity index (χ1v) is 4.12. The van der Waals surface area contributed by atoms with Gasteiger partial charge in [-0.15, -0.1) is 0 Å². The van der Waals surface area contributed by atoms with E-state index in [-0.39, 0.29) is 0 Å². The van der Waals surface area contributed by atoms with Crippen LogP contribution in [0.3, 0.4) is 0 Å². The maximum Gasteiger partial charge on any atom is -0.0352 e. The van der Waals surface area contributed by atoms with Crippen LogP contribution < -0.4 is 0 Å². The molecule has 2 unspecified atom stereocenters. The second kappa shape index (κ2) is 2.32. The highest BCUT2D eigenvalue weighted by atomic mass is 14.3. The van der Waals surface area contributed by atoms with Crippen molar-refractivity contribution in [3.05, 3.63) is 12.8 Å². The van der Waals surface area contributed by atoms with Crippen LogP contribution in [0, 0.1) is 24.7 Å². The standard InChI is InChI=1S/C9H14/c1(2-8-4-5-8)3-9-6-7-9/h4,6,8-9H,1-3,5,7H2. The summed E-state index contributed by atoms with van der Waals surface area (Å²) in [6.45, 7) is 0. The quantitative estimate of drug-likeness (QED) is 0.537. The Labute approximate surface area is 57.6 Å². The minimum atomic E-state index is 1.03. The average molecular weight is 122 g/mol. The van der Waals surface area contributed by atoms with Gasteiger partial charge in [0.15, 0.2) is 0 Å². The molecule has 0 N–H and O–H groups in total. The fraction of sp³-hybridized carbons (Fsp3) is 0.778. The molecule has 0 amide bonds. The summed E-state index contributed by atoms with van der Waals surface area (Å²) >= 11 is 0. The van der Waals surface area contributed by atoms with Gasteiger partial charge in [0.1, 0.15) is 0 Å². The molecule has 0 aromatic heterocycles.